The first-order valence-corrected chi connectivity index (χ1v) is 6.19. The molecule has 6 nitrogen and oxygen atoms in total. The van der Waals surface area contributed by atoms with Gasteiger partial charge in [-0.2, -0.15) is 13.2 Å². The summed E-state index contributed by atoms with van der Waals surface area (Å²) in [6.45, 7) is 4.78. The van der Waals surface area contributed by atoms with Crippen molar-refractivity contribution in [3.05, 3.63) is 33.9 Å². The number of hydrogen-bond donors (Lipinski definition) is 2. The molecule has 122 valence electrons. The summed E-state index contributed by atoms with van der Waals surface area (Å²) in [5.74, 6) is -1.26. The number of nitro benzene ring substituents is 1. The molecule has 1 atom stereocenters. The third-order valence-electron chi connectivity index (χ3n) is 2.93. The number of carbonyl (C=O) groups is 1. The van der Waals surface area contributed by atoms with Gasteiger partial charge in [-0.15, -0.1) is 0 Å². The Labute approximate surface area is 124 Å². The zero-order chi connectivity index (χ0) is 17.3. The third kappa shape index (κ3) is 4.09. The average Bonchev–Trinajstić information content (AvgIpc) is 2.32. The molecule has 0 radical (unpaired) electrons. The minimum absolute atomic E-state index is 0.277. The van der Waals surface area contributed by atoms with E-state index in [4.69, 9.17) is 0 Å². The van der Waals surface area contributed by atoms with Gasteiger partial charge in [-0.05, 0) is 17.5 Å². The summed E-state index contributed by atoms with van der Waals surface area (Å²) in [4.78, 5) is 21.2. The molecule has 0 aliphatic heterocycles. The second-order valence-corrected chi connectivity index (χ2v) is 5.77. The van der Waals surface area contributed by atoms with Gasteiger partial charge in [-0.1, -0.05) is 20.8 Å². The number of benzene rings is 1. The van der Waals surface area contributed by atoms with Gasteiger partial charge >= 0.3 is 12.1 Å². The number of carboxylic acid groups (broad SMARTS) is 1. The van der Waals surface area contributed by atoms with E-state index in [9.17, 15) is 33.2 Å². The van der Waals surface area contributed by atoms with Crippen LogP contribution in [0.2, 0.25) is 0 Å². The quantitative estimate of drug-likeness (QED) is 0.654. The van der Waals surface area contributed by atoms with E-state index in [0.717, 1.165) is 6.07 Å². The highest BCUT2D eigenvalue weighted by Crippen LogP contribution is 2.36. The molecular weight excluding hydrogens is 305 g/mol. The van der Waals surface area contributed by atoms with Crippen molar-refractivity contribution in [3.63, 3.8) is 0 Å². The SMILES string of the molecule is CC(C)(C)C(Nc1ccc(C(F)(F)F)cc1[N+](=O)[O-])C(=O)O. The number of nitrogens with one attached hydrogen (secondary N) is 1. The second-order valence-electron chi connectivity index (χ2n) is 5.77. The van der Waals surface area contributed by atoms with E-state index in [1.54, 1.807) is 20.8 Å². The van der Waals surface area contributed by atoms with Crippen molar-refractivity contribution < 1.29 is 28.0 Å². The predicted octanol–water partition coefficient (Wildman–Crippen LogP) is 3.52. The van der Waals surface area contributed by atoms with Crippen molar-refractivity contribution >= 4 is 17.3 Å². The van der Waals surface area contributed by atoms with Gasteiger partial charge in [0.25, 0.3) is 5.69 Å². The monoisotopic (exact) mass is 320 g/mol. The van der Waals surface area contributed by atoms with E-state index in [1.807, 2.05) is 0 Å². The standard InChI is InChI=1S/C13H15F3N2O4/c1-12(2,3)10(11(19)20)17-8-5-4-7(13(14,15)16)6-9(8)18(21)22/h4-6,10,17H,1-3H3,(H,19,20). The zero-order valence-corrected chi connectivity index (χ0v) is 12.1. The van der Waals surface area contributed by atoms with Crippen LogP contribution in [-0.4, -0.2) is 22.0 Å². The van der Waals surface area contributed by atoms with Crippen LogP contribution < -0.4 is 5.32 Å². The van der Waals surface area contributed by atoms with E-state index < -0.39 is 39.8 Å². The van der Waals surface area contributed by atoms with Crippen molar-refractivity contribution in [1.82, 2.24) is 0 Å². The number of nitrogens with zero attached hydrogens (tertiary/aromatic N) is 1. The topological polar surface area (TPSA) is 92.5 Å². The smallest absolute Gasteiger partial charge is 0.416 e. The van der Waals surface area contributed by atoms with Crippen LogP contribution in [-0.2, 0) is 11.0 Å². The Hall–Kier alpha value is -2.32. The highest BCUT2D eigenvalue weighted by molar-refractivity contribution is 5.80. The van der Waals surface area contributed by atoms with Crippen molar-refractivity contribution in [1.29, 1.82) is 0 Å². The zero-order valence-electron chi connectivity index (χ0n) is 12.1. The Morgan fingerprint density at radius 2 is 1.86 bits per heavy atom. The third-order valence-corrected chi connectivity index (χ3v) is 2.93. The lowest BCUT2D eigenvalue weighted by Crippen LogP contribution is -2.41. The first kappa shape index (κ1) is 17.7. The molecular formula is C13H15F3N2O4. The fourth-order valence-corrected chi connectivity index (χ4v) is 1.79. The summed E-state index contributed by atoms with van der Waals surface area (Å²) in [5, 5.41) is 22.6. The molecule has 1 aromatic carbocycles. The lowest BCUT2D eigenvalue weighted by atomic mass is 9.86. The molecule has 0 saturated heterocycles. The molecule has 0 bridgehead atoms. The van der Waals surface area contributed by atoms with Crippen LogP contribution in [0.25, 0.3) is 0 Å². The fourth-order valence-electron chi connectivity index (χ4n) is 1.79. The Bertz CT molecular complexity index is 594. The Morgan fingerprint density at radius 1 is 1.32 bits per heavy atom. The maximum atomic E-state index is 12.6. The summed E-state index contributed by atoms with van der Waals surface area (Å²) in [5.41, 5.74) is -3.08. The maximum Gasteiger partial charge on any atom is 0.416 e. The summed E-state index contributed by atoms with van der Waals surface area (Å²) in [6.07, 6.45) is -4.72. The van der Waals surface area contributed by atoms with Crippen LogP contribution in [0.1, 0.15) is 26.3 Å². The molecule has 1 aromatic rings. The number of hydrogen-bond acceptors (Lipinski definition) is 4. The Balaban J connectivity index is 3.30. The van der Waals surface area contributed by atoms with Gasteiger partial charge in [-0.25, -0.2) is 4.79 Å². The summed E-state index contributed by atoms with van der Waals surface area (Å²) >= 11 is 0. The molecule has 0 heterocycles. The highest BCUT2D eigenvalue weighted by Gasteiger charge is 2.35. The maximum absolute atomic E-state index is 12.6. The Morgan fingerprint density at radius 3 is 2.23 bits per heavy atom. The van der Waals surface area contributed by atoms with Gasteiger partial charge in [-0.3, -0.25) is 10.1 Å². The van der Waals surface area contributed by atoms with Crippen LogP contribution in [0.4, 0.5) is 24.5 Å². The van der Waals surface area contributed by atoms with E-state index in [-0.39, 0.29) is 5.69 Å². The number of rotatable bonds is 4. The molecule has 0 aromatic heterocycles. The lowest BCUT2D eigenvalue weighted by Gasteiger charge is -2.28. The van der Waals surface area contributed by atoms with Gasteiger partial charge in [0.1, 0.15) is 11.7 Å². The second kappa shape index (κ2) is 5.82. The van der Waals surface area contributed by atoms with Crippen molar-refractivity contribution in [2.24, 2.45) is 5.41 Å². The molecule has 0 saturated carbocycles. The molecule has 0 aliphatic carbocycles. The van der Waals surface area contributed by atoms with Crippen LogP contribution in [0, 0.1) is 15.5 Å². The van der Waals surface area contributed by atoms with Crippen molar-refractivity contribution in [2.45, 2.75) is 33.0 Å². The molecule has 0 spiro atoms. The van der Waals surface area contributed by atoms with E-state index in [0.29, 0.717) is 12.1 Å². The first-order chi connectivity index (χ1) is 9.84. The summed E-state index contributed by atoms with van der Waals surface area (Å²) in [7, 11) is 0. The highest BCUT2D eigenvalue weighted by atomic mass is 19.4. The molecule has 0 fully saturated rings. The molecule has 1 unspecified atom stereocenters. The van der Waals surface area contributed by atoms with E-state index >= 15 is 0 Å². The molecule has 0 amide bonds. The number of nitro groups is 1. The van der Waals surface area contributed by atoms with Gasteiger partial charge in [0, 0.05) is 6.07 Å². The molecule has 0 aliphatic rings. The lowest BCUT2D eigenvalue weighted by molar-refractivity contribution is -0.384. The number of alkyl halides is 3. The van der Waals surface area contributed by atoms with Crippen molar-refractivity contribution in [2.75, 3.05) is 5.32 Å². The number of halogens is 3. The predicted molar refractivity (Wildman–Crippen MR) is 72.6 cm³/mol. The van der Waals surface area contributed by atoms with E-state index in [2.05, 4.69) is 5.32 Å². The minimum atomic E-state index is -4.72. The molecule has 9 heteroatoms. The van der Waals surface area contributed by atoms with Crippen molar-refractivity contribution in [3.8, 4) is 0 Å². The van der Waals surface area contributed by atoms with E-state index in [1.165, 1.54) is 0 Å². The van der Waals surface area contributed by atoms with Gasteiger partial charge < -0.3 is 10.4 Å². The Kier molecular flexibility index (Phi) is 4.69. The first-order valence-electron chi connectivity index (χ1n) is 6.19. The van der Waals surface area contributed by atoms with Gasteiger partial charge in [0.2, 0.25) is 0 Å². The van der Waals surface area contributed by atoms with Crippen LogP contribution in [0.3, 0.4) is 0 Å². The number of anilines is 1. The largest absolute Gasteiger partial charge is 0.480 e. The van der Waals surface area contributed by atoms with Crippen LogP contribution in [0.5, 0.6) is 0 Å². The summed E-state index contributed by atoms with van der Waals surface area (Å²) < 4.78 is 37.8. The van der Waals surface area contributed by atoms with Crippen LogP contribution in [0.15, 0.2) is 18.2 Å². The normalized spacial score (nSPS) is 13.5. The van der Waals surface area contributed by atoms with Gasteiger partial charge in [0.15, 0.2) is 0 Å². The van der Waals surface area contributed by atoms with Crippen LogP contribution >= 0.6 is 0 Å². The molecule has 2 N–H and O–H groups in total. The minimum Gasteiger partial charge on any atom is -0.480 e. The molecule has 22 heavy (non-hydrogen) atoms. The number of aliphatic carboxylic acids is 1. The van der Waals surface area contributed by atoms with Gasteiger partial charge in [0.05, 0.1) is 10.5 Å². The fraction of sp³-hybridized carbons (Fsp3) is 0.462. The average molecular weight is 320 g/mol. The summed E-state index contributed by atoms with van der Waals surface area (Å²) in [6, 6.07) is 0.701. The molecule has 1 rings (SSSR count). The number of carboxylic acids is 1.